The highest BCUT2D eigenvalue weighted by molar-refractivity contribution is 5.88. The molecule has 0 atom stereocenters. The summed E-state index contributed by atoms with van der Waals surface area (Å²) < 4.78 is 9.92. The second kappa shape index (κ2) is 7.82. The molecular weight excluding hydrogens is 286 g/mol. The van der Waals surface area contributed by atoms with Gasteiger partial charge in [0.05, 0.1) is 13.0 Å². The summed E-state index contributed by atoms with van der Waals surface area (Å²) in [5.41, 5.74) is 0.866. The zero-order valence-electron chi connectivity index (χ0n) is 12.2. The van der Waals surface area contributed by atoms with Gasteiger partial charge >= 0.3 is 12.0 Å². The lowest BCUT2D eigenvalue weighted by molar-refractivity contribution is -0.142. The van der Waals surface area contributed by atoms with Crippen molar-refractivity contribution in [1.29, 1.82) is 0 Å². The molecule has 7 nitrogen and oxygen atoms in total. The average molecular weight is 303 g/mol. The number of esters is 1. The van der Waals surface area contributed by atoms with Crippen LogP contribution in [-0.2, 0) is 9.53 Å². The Labute approximate surface area is 127 Å². The highest BCUT2D eigenvalue weighted by Gasteiger charge is 2.09. The predicted octanol–water partition coefficient (Wildman–Crippen LogP) is 2.42. The summed E-state index contributed by atoms with van der Waals surface area (Å²) in [5, 5.41) is 8.83. The maximum atomic E-state index is 11.6. The van der Waals surface area contributed by atoms with Crippen LogP contribution in [-0.4, -0.2) is 30.3 Å². The van der Waals surface area contributed by atoms with Crippen molar-refractivity contribution >= 4 is 17.8 Å². The number of carbonyl (C=O) groups is 2. The fraction of sp³-hybridized carbons (Fsp3) is 0.267. The molecule has 0 radical (unpaired) electrons. The van der Waals surface area contributed by atoms with Gasteiger partial charge in [-0.1, -0.05) is 35.5 Å². The van der Waals surface area contributed by atoms with E-state index < -0.39 is 6.03 Å². The topological polar surface area (TPSA) is 93.5 Å². The smallest absolute Gasteiger partial charge is 0.320 e. The van der Waals surface area contributed by atoms with E-state index in [0.29, 0.717) is 18.2 Å². The first-order valence-electron chi connectivity index (χ1n) is 6.91. The lowest BCUT2D eigenvalue weighted by Crippen LogP contribution is -2.31. The molecule has 0 aliphatic rings. The Kier molecular flexibility index (Phi) is 5.53. The average Bonchev–Trinajstić information content (AvgIpc) is 2.97. The van der Waals surface area contributed by atoms with Gasteiger partial charge in [0, 0.05) is 18.2 Å². The Morgan fingerprint density at radius 3 is 2.77 bits per heavy atom. The number of nitrogens with zero attached hydrogens (tertiary/aromatic N) is 1. The van der Waals surface area contributed by atoms with E-state index in [0.717, 1.165) is 5.56 Å². The summed E-state index contributed by atoms with van der Waals surface area (Å²) >= 11 is 0. The molecule has 2 amide bonds. The molecule has 0 aliphatic carbocycles. The number of nitrogens with one attached hydrogen (secondary N) is 2. The van der Waals surface area contributed by atoms with Crippen LogP contribution in [0.2, 0.25) is 0 Å². The van der Waals surface area contributed by atoms with E-state index in [2.05, 4.69) is 15.8 Å². The summed E-state index contributed by atoms with van der Waals surface area (Å²) in [4.78, 5) is 22.8. The van der Waals surface area contributed by atoms with Gasteiger partial charge in [0.2, 0.25) is 0 Å². The molecule has 2 aromatic rings. The molecule has 0 unspecified atom stereocenters. The van der Waals surface area contributed by atoms with E-state index in [-0.39, 0.29) is 18.9 Å². The Hall–Kier alpha value is -2.83. The normalized spacial score (nSPS) is 10.0. The molecular formula is C15H17N3O4. The molecule has 1 aromatic heterocycles. The fourth-order valence-electron chi connectivity index (χ4n) is 1.74. The maximum absolute atomic E-state index is 11.6. The minimum absolute atomic E-state index is 0.120. The van der Waals surface area contributed by atoms with Crippen LogP contribution in [0.5, 0.6) is 0 Å². The van der Waals surface area contributed by atoms with Gasteiger partial charge in [0.1, 0.15) is 0 Å². The molecule has 0 aliphatic heterocycles. The summed E-state index contributed by atoms with van der Waals surface area (Å²) in [5.74, 6) is 0.505. The van der Waals surface area contributed by atoms with Crippen LogP contribution in [0.3, 0.4) is 0 Å². The number of carbonyl (C=O) groups excluding carboxylic acids is 2. The minimum Gasteiger partial charge on any atom is -0.466 e. The van der Waals surface area contributed by atoms with Gasteiger partial charge in [0.15, 0.2) is 11.6 Å². The predicted molar refractivity (Wildman–Crippen MR) is 80.2 cm³/mol. The van der Waals surface area contributed by atoms with Crippen LogP contribution in [0.15, 0.2) is 40.9 Å². The molecule has 0 saturated heterocycles. The molecule has 1 heterocycles. The number of rotatable bonds is 6. The Morgan fingerprint density at radius 2 is 2.05 bits per heavy atom. The zero-order chi connectivity index (χ0) is 15.8. The largest absolute Gasteiger partial charge is 0.466 e. The van der Waals surface area contributed by atoms with E-state index in [1.54, 1.807) is 13.0 Å². The van der Waals surface area contributed by atoms with Gasteiger partial charge in [0.25, 0.3) is 0 Å². The number of ether oxygens (including phenoxy) is 1. The summed E-state index contributed by atoms with van der Waals surface area (Å²) in [6, 6.07) is 10.6. The zero-order valence-corrected chi connectivity index (χ0v) is 12.2. The third-order valence-electron chi connectivity index (χ3n) is 2.73. The second-order valence-corrected chi connectivity index (χ2v) is 4.38. The monoisotopic (exact) mass is 303 g/mol. The number of urea groups is 1. The number of aromatic nitrogens is 1. The summed E-state index contributed by atoms with van der Waals surface area (Å²) in [7, 11) is 0. The quantitative estimate of drug-likeness (QED) is 0.799. The lowest BCUT2D eigenvalue weighted by Gasteiger charge is -2.04. The van der Waals surface area contributed by atoms with E-state index in [1.165, 1.54) is 0 Å². The molecule has 0 spiro atoms. The second-order valence-electron chi connectivity index (χ2n) is 4.38. The van der Waals surface area contributed by atoms with Crippen LogP contribution in [0, 0.1) is 0 Å². The van der Waals surface area contributed by atoms with Crippen LogP contribution in [0.1, 0.15) is 13.3 Å². The Balaban J connectivity index is 1.80. The molecule has 116 valence electrons. The molecule has 2 rings (SSSR count). The molecule has 0 fully saturated rings. The van der Waals surface area contributed by atoms with E-state index in [9.17, 15) is 9.59 Å². The van der Waals surface area contributed by atoms with Crippen molar-refractivity contribution in [3.8, 4) is 11.3 Å². The molecule has 2 N–H and O–H groups in total. The fourth-order valence-corrected chi connectivity index (χ4v) is 1.74. The van der Waals surface area contributed by atoms with Crippen molar-refractivity contribution in [1.82, 2.24) is 10.5 Å². The highest BCUT2D eigenvalue weighted by Crippen LogP contribution is 2.21. The molecule has 22 heavy (non-hydrogen) atoms. The van der Waals surface area contributed by atoms with E-state index >= 15 is 0 Å². The van der Waals surface area contributed by atoms with Crippen LogP contribution in [0.25, 0.3) is 11.3 Å². The standard InChI is InChI=1S/C15H17N3O4/c1-2-21-14(19)8-9-16-15(20)17-13-10-12(22-18-13)11-6-4-3-5-7-11/h3-7,10H,2,8-9H2,1H3,(H2,16,17,18,20). The van der Waals surface area contributed by atoms with Crippen molar-refractivity contribution in [2.75, 3.05) is 18.5 Å². The minimum atomic E-state index is -0.461. The first kappa shape index (κ1) is 15.6. The SMILES string of the molecule is CCOC(=O)CCNC(=O)Nc1cc(-c2ccccc2)on1. The van der Waals surface area contributed by atoms with Crippen LogP contribution < -0.4 is 10.6 Å². The third-order valence-corrected chi connectivity index (χ3v) is 2.73. The number of benzene rings is 1. The summed E-state index contributed by atoms with van der Waals surface area (Å²) in [6.07, 6.45) is 0.120. The van der Waals surface area contributed by atoms with Gasteiger partial charge in [-0.3, -0.25) is 10.1 Å². The number of hydrogen-bond donors (Lipinski definition) is 2. The Bertz CT molecular complexity index is 625. The van der Waals surface area contributed by atoms with Gasteiger partial charge in [-0.05, 0) is 6.92 Å². The van der Waals surface area contributed by atoms with Crippen LogP contribution in [0.4, 0.5) is 10.6 Å². The van der Waals surface area contributed by atoms with Gasteiger partial charge in [-0.15, -0.1) is 0 Å². The first-order chi connectivity index (χ1) is 10.7. The van der Waals surface area contributed by atoms with E-state index in [4.69, 9.17) is 9.26 Å². The van der Waals surface area contributed by atoms with Gasteiger partial charge in [-0.2, -0.15) is 0 Å². The van der Waals surface area contributed by atoms with Gasteiger partial charge < -0.3 is 14.6 Å². The van der Waals surface area contributed by atoms with Crippen molar-refractivity contribution < 1.29 is 18.8 Å². The third kappa shape index (κ3) is 4.62. The molecule has 1 aromatic carbocycles. The lowest BCUT2D eigenvalue weighted by atomic mass is 10.2. The van der Waals surface area contributed by atoms with E-state index in [1.807, 2.05) is 30.3 Å². The first-order valence-corrected chi connectivity index (χ1v) is 6.91. The maximum Gasteiger partial charge on any atom is 0.320 e. The van der Waals surface area contributed by atoms with Crippen molar-refractivity contribution in [2.45, 2.75) is 13.3 Å². The Morgan fingerprint density at radius 1 is 1.27 bits per heavy atom. The number of amides is 2. The van der Waals surface area contributed by atoms with Gasteiger partial charge in [-0.25, -0.2) is 4.79 Å². The molecule has 7 heteroatoms. The molecule has 0 saturated carbocycles. The number of anilines is 1. The van der Waals surface area contributed by atoms with Crippen molar-refractivity contribution in [3.63, 3.8) is 0 Å². The van der Waals surface area contributed by atoms with Crippen molar-refractivity contribution in [2.24, 2.45) is 0 Å². The number of hydrogen-bond acceptors (Lipinski definition) is 5. The summed E-state index contributed by atoms with van der Waals surface area (Å²) in [6.45, 7) is 2.24. The van der Waals surface area contributed by atoms with Crippen LogP contribution >= 0.6 is 0 Å². The highest BCUT2D eigenvalue weighted by atomic mass is 16.5. The van der Waals surface area contributed by atoms with Crippen molar-refractivity contribution in [3.05, 3.63) is 36.4 Å². The molecule has 0 bridgehead atoms.